The van der Waals surface area contributed by atoms with Crippen LogP contribution in [0.3, 0.4) is 0 Å². The minimum absolute atomic E-state index is 0.332. The van der Waals surface area contributed by atoms with Gasteiger partial charge in [-0.25, -0.2) is 0 Å². The molecule has 2 saturated heterocycles. The van der Waals surface area contributed by atoms with Gasteiger partial charge in [0, 0.05) is 23.5 Å². The SMILES string of the molecule is CC1([C@](O)(c2ccc(OC(F)(F)F)cc2)c2cccc(Cl)c2)CN(C2COC2)C1. The van der Waals surface area contributed by atoms with E-state index < -0.39 is 17.4 Å². The normalized spacial score (nSPS) is 21.7. The van der Waals surface area contributed by atoms with E-state index in [9.17, 15) is 18.3 Å². The zero-order valence-electron chi connectivity index (χ0n) is 15.7. The molecule has 0 unspecified atom stereocenters. The van der Waals surface area contributed by atoms with Gasteiger partial charge >= 0.3 is 6.36 Å². The van der Waals surface area contributed by atoms with Crippen molar-refractivity contribution in [1.82, 2.24) is 4.90 Å². The fourth-order valence-corrected chi connectivity index (χ4v) is 4.44. The van der Waals surface area contributed by atoms with E-state index in [0.717, 1.165) is 0 Å². The second-order valence-corrected chi connectivity index (χ2v) is 8.39. The molecule has 4 nitrogen and oxygen atoms in total. The number of benzene rings is 2. The highest BCUT2D eigenvalue weighted by Gasteiger charge is 2.57. The van der Waals surface area contributed by atoms with E-state index in [0.29, 0.717) is 48.5 Å². The molecular formula is C21H21ClF3NO3. The number of rotatable bonds is 5. The van der Waals surface area contributed by atoms with E-state index in [1.165, 1.54) is 24.3 Å². The molecule has 1 N–H and O–H groups in total. The minimum Gasteiger partial charge on any atom is -0.406 e. The summed E-state index contributed by atoms with van der Waals surface area (Å²) in [6.45, 7) is 4.59. The predicted molar refractivity (Wildman–Crippen MR) is 102 cm³/mol. The van der Waals surface area contributed by atoms with Crippen molar-refractivity contribution in [3.05, 3.63) is 64.7 Å². The van der Waals surface area contributed by atoms with Crippen LogP contribution in [0.5, 0.6) is 5.75 Å². The Morgan fingerprint density at radius 3 is 2.28 bits per heavy atom. The van der Waals surface area contributed by atoms with Crippen molar-refractivity contribution < 1.29 is 27.8 Å². The highest BCUT2D eigenvalue weighted by molar-refractivity contribution is 6.30. The lowest BCUT2D eigenvalue weighted by molar-refractivity contribution is -0.274. The van der Waals surface area contributed by atoms with E-state index in [4.69, 9.17) is 16.3 Å². The maximum absolute atomic E-state index is 12.5. The summed E-state index contributed by atoms with van der Waals surface area (Å²) in [5.41, 5.74) is -0.905. The first-order valence-electron chi connectivity index (χ1n) is 9.27. The number of halogens is 4. The van der Waals surface area contributed by atoms with Gasteiger partial charge in [-0.3, -0.25) is 4.90 Å². The molecule has 0 spiro atoms. The fourth-order valence-electron chi connectivity index (χ4n) is 4.25. The quantitative estimate of drug-likeness (QED) is 0.776. The Kier molecular flexibility index (Phi) is 5.06. The molecule has 0 aromatic heterocycles. The molecule has 2 aliphatic rings. The van der Waals surface area contributed by atoms with Crippen LogP contribution in [0, 0.1) is 5.41 Å². The Morgan fingerprint density at radius 1 is 1.10 bits per heavy atom. The van der Waals surface area contributed by atoms with Crippen molar-refractivity contribution >= 4 is 11.6 Å². The van der Waals surface area contributed by atoms with Gasteiger partial charge in [-0.05, 0) is 35.4 Å². The average molecular weight is 428 g/mol. The number of hydrogen-bond donors (Lipinski definition) is 1. The van der Waals surface area contributed by atoms with E-state index >= 15 is 0 Å². The van der Waals surface area contributed by atoms with Gasteiger partial charge in [-0.15, -0.1) is 13.2 Å². The summed E-state index contributed by atoms with van der Waals surface area (Å²) >= 11 is 6.18. The van der Waals surface area contributed by atoms with Gasteiger partial charge in [-0.1, -0.05) is 42.8 Å². The summed E-state index contributed by atoms with van der Waals surface area (Å²) in [5, 5.41) is 12.5. The second-order valence-electron chi connectivity index (χ2n) is 7.95. The molecule has 0 radical (unpaired) electrons. The molecule has 2 aliphatic heterocycles. The second kappa shape index (κ2) is 7.16. The zero-order chi connectivity index (χ0) is 20.9. The van der Waals surface area contributed by atoms with Crippen molar-refractivity contribution in [2.45, 2.75) is 24.9 Å². The largest absolute Gasteiger partial charge is 0.573 e. The number of aliphatic hydroxyl groups is 1. The molecular weight excluding hydrogens is 407 g/mol. The van der Waals surface area contributed by atoms with Gasteiger partial charge in [0.25, 0.3) is 0 Å². The average Bonchev–Trinajstić information content (AvgIpc) is 2.57. The van der Waals surface area contributed by atoms with Gasteiger partial charge in [-0.2, -0.15) is 0 Å². The molecule has 29 heavy (non-hydrogen) atoms. The van der Waals surface area contributed by atoms with Crippen molar-refractivity contribution in [3.8, 4) is 5.75 Å². The van der Waals surface area contributed by atoms with Gasteiger partial charge in [0.15, 0.2) is 0 Å². The first-order chi connectivity index (χ1) is 13.6. The highest BCUT2D eigenvalue weighted by atomic mass is 35.5. The van der Waals surface area contributed by atoms with Gasteiger partial charge in [0.2, 0.25) is 0 Å². The highest BCUT2D eigenvalue weighted by Crippen LogP contribution is 2.51. The van der Waals surface area contributed by atoms with Crippen LogP contribution in [0.2, 0.25) is 5.02 Å². The Bertz CT molecular complexity index is 879. The maximum Gasteiger partial charge on any atom is 0.573 e. The molecule has 1 atom stereocenters. The zero-order valence-corrected chi connectivity index (χ0v) is 16.5. The summed E-state index contributed by atoms with van der Waals surface area (Å²) in [5.74, 6) is -0.332. The van der Waals surface area contributed by atoms with Crippen LogP contribution in [0.25, 0.3) is 0 Å². The standard InChI is InChI=1S/C21H21ClF3NO3/c1-19(12-26(13-19)17-10-28-11-17)20(27,15-3-2-4-16(22)9-15)14-5-7-18(8-6-14)29-21(23,24)25/h2-9,17,27H,10-13H2,1H3/t20-/m0/s1. The maximum atomic E-state index is 12.5. The molecule has 0 amide bonds. The first-order valence-corrected chi connectivity index (χ1v) is 9.65. The van der Waals surface area contributed by atoms with Crippen LogP contribution in [0.1, 0.15) is 18.1 Å². The summed E-state index contributed by atoms with van der Waals surface area (Å²) in [6, 6.07) is 12.7. The third-order valence-electron chi connectivity index (χ3n) is 5.86. The first kappa shape index (κ1) is 20.5. The number of nitrogens with zero attached hydrogens (tertiary/aromatic N) is 1. The molecule has 156 valence electrons. The fraction of sp³-hybridized carbons (Fsp3) is 0.429. The number of likely N-dealkylation sites (tertiary alicyclic amines) is 1. The van der Waals surface area contributed by atoms with Crippen LogP contribution >= 0.6 is 11.6 Å². The lowest BCUT2D eigenvalue weighted by atomic mass is 9.61. The van der Waals surface area contributed by atoms with Crippen LogP contribution in [0.4, 0.5) is 13.2 Å². The number of alkyl halides is 3. The lowest BCUT2D eigenvalue weighted by Crippen LogP contribution is -2.69. The third-order valence-corrected chi connectivity index (χ3v) is 6.10. The van der Waals surface area contributed by atoms with E-state index in [-0.39, 0.29) is 5.75 Å². The Morgan fingerprint density at radius 2 is 1.76 bits per heavy atom. The van der Waals surface area contributed by atoms with Crippen molar-refractivity contribution in [2.75, 3.05) is 26.3 Å². The predicted octanol–water partition coefficient (Wildman–Crippen LogP) is 4.20. The minimum atomic E-state index is -4.77. The molecule has 2 fully saturated rings. The Balaban J connectivity index is 1.69. The molecule has 0 bridgehead atoms. The molecule has 8 heteroatoms. The Labute approximate surface area is 171 Å². The topological polar surface area (TPSA) is 41.9 Å². The van der Waals surface area contributed by atoms with Gasteiger partial charge in [0.1, 0.15) is 11.4 Å². The summed E-state index contributed by atoms with van der Waals surface area (Å²) in [6.07, 6.45) is -4.77. The molecule has 0 saturated carbocycles. The third kappa shape index (κ3) is 3.72. The van der Waals surface area contributed by atoms with E-state index in [1.54, 1.807) is 24.3 Å². The van der Waals surface area contributed by atoms with Crippen molar-refractivity contribution in [2.24, 2.45) is 5.41 Å². The summed E-state index contributed by atoms with van der Waals surface area (Å²) < 4.78 is 46.7. The number of hydrogen-bond acceptors (Lipinski definition) is 4. The van der Waals surface area contributed by atoms with Crippen LogP contribution < -0.4 is 4.74 Å². The van der Waals surface area contributed by atoms with Crippen molar-refractivity contribution in [3.63, 3.8) is 0 Å². The summed E-state index contributed by atoms with van der Waals surface area (Å²) in [7, 11) is 0. The van der Waals surface area contributed by atoms with Crippen molar-refractivity contribution in [1.29, 1.82) is 0 Å². The number of ether oxygens (including phenoxy) is 2. The monoisotopic (exact) mass is 427 g/mol. The lowest BCUT2D eigenvalue weighted by Gasteiger charge is -2.60. The smallest absolute Gasteiger partial charge is 0.406 e. The molecule has 2 aromatic carbocycles. The van der Waals surface area contributed by atoms with Crippen LogP contribution in [-0.4, -0.2) is 48.7 Å². The van der Waals surface area contributed by atoms with E-state index in [1.807, 2.05) is 6.92 Å². The van der Waals surface area contributed by atoms with E-state index in [2.05, 4.69) is 9.64 Å². The van der Waals surface area contributed by atoms with Gasteiger partial charge < -0.3 is 14.6 Å². The Hall–Kier alpha value is -1.80. The summed E-state index contributed by atoms with van der Waals surface area (Å²) in [4.78, 5) is 2.25. The molecule has 4 rings (SSSR count). The van der Waals surface area contributed by atoms with Gasteiger partial charge in [0.05, 0.1) is 19.3 Å². The van der Waals surface area contributed by atoms with Crippen LogP contribution in [0.15, 0.2) is 48.5 Å². The molecule has 2 heterocycles. The molecule has 0 aliphatic carbocycles. The van der Waals surface area contributed by atoms with Crippen LogP contribution in [-0.2, 0) is 10.3 Å². The molecule has 2 aromatic rings.